The molecule has 24 heavy (non-hydrogen) atoms. The van der Waals surface area contributed by atoms with Gasteiger partial charge in [0.1, 0.15) is 0 Å². The number of hydrogen-bond donors (Lipinski definition) is 1. The second-order valence-corrected chi connectivity index (χ2v) is 6.27. The smallest absolute Gasteiger partial charge is 0.305 e. The molecule has 0 aliphatic carbocycles. The summed E-state index contributed by atoms with van der Waals surface area (Å²) in [6, 6.07) is 2.91. The lowest BCUT2D eigenvalue weighted by atomic mass is 10.0. The standard InChI is InChI=1S/C16H19Cl2NO5/c1-23-15-12(17)8-10(9-13(15)18)16(22)19(5-2-14(20)21)11-3-6-24-7-4-11/h8-9,11H,2-7H2,1H3,(H,20,21). The zero-order chi connectivity index (χ0) is 17.7. The van der Waals surface area contributed by atoms with E-state index in [4.69, 9.17) is 37.8 Å². The highest BCUT2D eigenvalue weighted by molar-refractivity contribution is 6.37. The van der Waals surface area contributed by atoms with E-state index in [9.17, 15) is 9.59 Å². The fourth-order valence-corrected chi connectivity index (χ4v) is 3.35. The van der Waals surface area contributed by atoms with Crippen LogP contribution >= 0.6 is 23.2 Å². The molecular weight excluding hydrogens is 357 g/mol. The van der Waals surface area contributed by atoms with Gasteiger partial charge < -0.3 is 19.5 Å². The number of carbonyl (C=O) groups is 2. The Bertz CT molecular complexity index is 593. The van der Waals surface area contributed by atoms with Gasteiger partial charge in [-0.15, -0.1) is 0 Å². The van der Waals surface area contributed by atoms with Crippen molar-refractivity contribution >= 4 is 35.1 Å². The summed E-state index contributed by atoms with van der Waals surface area (Å²) in [6.07, 6.45) is 1.21. The van der Waals surface area contributed by atoms with Crippen molar-refractivity contribution in [2.45, 2.75) is 25.3 Å². The first kappa shape index (κ1) is 18.8. The fraction of sp³-hybridized carbons (Fsp3) is 0.500. The van der Waals surface area contributed by atoms with E-state index >= 15 is 0 Å². The molecule has 6 nitrogen and oxygen atoms in total. The predicted octanol–water partition coefficient (Wildman–Crippen LogP) is 3.10. The van der Waals surface area contributed by atoms with Crippen molar-refractivity contribution in [2.24, 2.45) is 0 Å². The summed E-state index contributed by atoms with van der Waals surface area (Å²) in [7, 11) is 1.44. The number of halogens is 2. The molecule has 0 unspecified atom stereocenters. The zero-order valence-electron chi connectivity index (χ0n) is 13.3. The minimum Gasteiger partial charge on any atom is -0.494 e. The van der Waals surface area contributed by atoms with Crippen LogP contribution in [-0.2, 0) is 9.53 Å². The number of rotatable bonds is 6. The number of methoxy groups -OCH3 is 1. The van der Waals surface area contributed by atoms with Gasteiger partial charge in [0.05, 0.1) is 23.6 Å². The van der Waals surface area contributed by atoms with Crippen molar-refractivity contribution < 1.29 is 24.2 Å². The molecule has 132 valence electrons. The summed E-state index contributed by atoms with van der Waals surface area (Å²) >= 11 is 12.2. The lowest BCUT2D eigenvalue weighted by Crippen LogP contribution is -2.44. The van der Waals surface area contributed by atoms with Crippen LogP contribution < -0.4 is 4.74 Å². The number of nitrogens with zero attached hydrogens (tertiary/aromatic N) is 1. The Morgan fingerprint density at radius 2 is 1.88 bits per heavy atom. The van der Waals surface area contributed by atoms with Gasteiger partial charge in [-0.3, -0.25) is 9.59 Å². The zero-order valence-corrected chi connectivity index (χ0v) is 14.8. The van der Waals surface area contributed by atoms with Crippen LogP contribution in [0.4, 0.5) is 0 Å². The maximum Gasteiger partial charge on any atom is 0.305 e. The number of carbonyl (C=O) groups excluding carboxylic acids is 1. The van der Waals surface area contributed by atoms with Crippen LogP contribution in [0.1, 0.15) is 29.6 Å². The van der Waals surface area contributed by atoms with Crippen LogP contribution in [0.25, 0.3) is 0 Å². The topological polar surface area (TPSA) is 76.1 Å². The first-order chi connectivity index (χ1) is 11.4. The lowest BCUT2D eigenvalue weighted by Gasteiger charge is -2.34. The number of aliphatic carboxylic acids is 1. The molecule has 0 bridgehead atoms. The summed E-state index contributed by atoms with van der Waals surface area (Å²) in [6.45, 7) is 1.22. The molecule has 8 heteroatoms. The highest BCUT2D eigenvalue weighted by Gasteiger charge is 2.28. The number of benzene rings is 1. The van der Waals surface area contributed by atoms with E-state index < -0.39 is 5.97 Å². The third kappa shape index (κ3) is 4.53. The van der Waals surface area contributed by atoms with E-state index in [1.807, 2.05) is 0 Å². The Morgan fingerprint density at radius 3 is 2.38 bits per heavy atom. The second kappa shape index (κ2) is 8.55. The first-order valence-electron chi connectivity index (χ1n) is 7.57. The number of ether oxygens (including phenoxy) is 2. The molecule has 0 aromatic heterocycles. The maximum atomic E-state index is 12.9. The SMILES string of the molecule is COc1c(Cl)cc(C(=O)N(CCC(=O)O)C2CCOCC2)cc1Cl. The lowest BCUT2D eigenvalue weighted by molar-refractivity contribution is -0.137. The number of carboxylic acid groups (broad SMARTS) is 1. The van der Waals surface area contributed by atoms with Gasteiger partial charge in [-0.25, -0.2) is 0 Å². The minimum absolute atomic E-state index is 0.0646. The molecule has 1 heterocycles. The molecule has 0 atom stereocenters. The third-order valence-corrected chi connectivity index (χ3v) is 4.47. The number of amides is 1. The van der Waals surface area contributed by atoms with Crippen LogP contribution in [0, 0.1) is 0 Å². The van der Waals surface area contributed by atoms with Crippen LogP contribution in [0.2, 0.25) is 10.0 Å². The van der Waals surface area contributed by atoms with E-state index in [1.54, 1.807) is 4.90 Å². The molecule has 0 spiro atoms. The van der Waals surface area contributed by atoms with Gasteiger partial charge in [0.2, 0.25) is 0 Å². The first-order valence-corrected chi connectivity index (χ1v) is 8.33. The third-order valence-electron chi connectivity index (χ3n) is 3.91. The Labute approximate surface area is 150 Å². The van der Waals surface area contributed by atoms with E-state index in [0.29, 0.717) is 37.4 Å². The van der Waals surface area contributed by atoms with Crippen LogP contribution in [0.3, 0.4) is 0 Å². The summed E-state index contributed by atoms with van der Waals surface area (Å²) in [5.74, 6) is -0.946. The normalized spacial score (nSPS) is 15.1. The highest BCUT2D eigenvalue weighted by Crippen LogP contribution is 2.34. The molecule has 1 amide bonds. The fourth-order valence-electron chi connectivity index (χ4n) is 2.71. The van der Waals surface area contributed by atoms with Crippen molar-refractivity contribution in [1.29, 1.82) is 0 Å². The molecule has 1 N–H and O–H groups in total. The van der Waals surface area contributed by atoms with Gasteiger partial charge in [0.25, 0.3) is 5.91 Å². The monoisotopic (exact) mass is 375 g/mol. The number of carboxylic acids is 1. The van der Waals surface area contributed by atoms with Gasteiger partial charge in [-0.1, -0.05) is 23.2 Å². The molecule has 1 aromatic carbocycles. The second-order valence-electron chi connectivity index (χ2n) is 5.46. The average Bonchev–Trinajstić information content (AvgIpc) is 2.55. The van der Waals surface area contributed by atoms with Crippen molar-refractivity contribution in [1.82, 2.24) is 4.90 Å². The van der Waals surface area contributed by atoms with Gasteiger partial charge in [0, 0.05) is 31.4 Å². The van der Waals surface area contributed by atoms with Crippen molar-refractivity contribution in [3.8, 4) is 5.75 Å². The van der Waals surface area contributed by atoms with E-state index in [0.717, 1.165) is 0 Å². The average molecular weight is 376 g/mol. The Hall–Kier alpha value is -1.50. The largest absolute Gasteiger partial charge is 0.494 e. The molecule has 2 rings (SSSR count). The summed E-state index contributed by atoms with van der Waals surface area (Å²) < 4.78 is 10.4. The minimum atomic E-state index is -0.953. The molecule has 1 aliphatic rings. The van der Waals surface area contributed by atoms with Crippen molar-refractivity contribution in [3.05, 3.63) is 27.7 Å². The van der Waals surface area contributed by atoms with Crippen molar-refractivity contribution in [3.63, 3.8) is 0 Å². The Kier molecular flexibility index (Phi) is 6.71. The highest BCUT2D eigenvalue weighted by atomic mass is 35.5. The number of hydrogen-bond acceptors (Lipinski definition) is 4. The molecule has 1 aromatic rings. The summed E-state index contributed by atoms with van der Waals surface area (Å²) in [5.41, 5.74) is 0.308. The molecule has 0 radical (unpaired) electrons. The molecule has 1 aliphatic heterocycles. The quantitative estimate of drug-likeness (QED) is 0.826. The maximum absolute atomic E-state index is 12.9. The van der Waals surface area contributed by atoms with Crippen LogP contribution in [0.15, 0.2) is 12.1 Å². The Morgan fingerprint density at radius 1 is 1.29 bits per heavy atom. The van der Waals surface area contributed by atoms with Gasteiger partial charge in [-0.2, -0.15) is 0 Å². The van der Waals surface area contributed by atoms with E-state index in [-0.39, 0.29) is 35.0 Å². The summed E-state index contributed by atoms with van der Waals surface area (Å²) in [5, 5.41) is 9.42. The van der Waals surface area contributed by atoms with Gasteiger partial charge in [-0.05, 0) is 25.0 Å². The molecule has 1 saturated heterocycles. The van der Waals surface area contributed by atoms with Crippen LogP contribution in [-0.4, -0.2) is 54.8 Å². The van der Waals surface area contributed by atoms with Crippen LogP contribution in [0.5, 0.6) is 5.75 Å². The molecular formula is C16H19Cl2NO5. The van der Waals surface area contributed by atoms with Gasteiger partial charge >= 0.3 is 5.97 Å². The summed E-state index contributed by atoms with van der Waals surface area (Å²) in [4.78, 5) is 25.4. The van der Waals surface area contributed by atoms with Gasteiger partial charge in [0.15, 0.2) is 5.75 Å². The van der Waals surface area contributed by atoms with Crippen molar-refractivity contribution in [2.75, 3.05) is 26.9 Å². The molecule has 0 saturated carbocycles. The van der Waals surface area contributed by atoms with E-state index in [1.165, 1.54) is 19.2 Å². The predicted molar refractivity (Wildman–Crippen MR) is 90.1 cm³/mol. The van der Waals surface area contributed by atoms with E-state index in [2.05, 4.69) is 0 Å². The Balaban J connectivity index is 2.27. The molecule has 1 fully saturated rings.